The van der Waals surface area contributed by atoms with Crippen LogP contribution in [0, 0.1) is 0 Å². The van der Waals surface area contributed by atoms with Gasteiger partial charge in [0.05, 0.1) is 22.8 Å². The summed E-state index contributed by atoms with van der Waals surface area (Å²) in [5, 5.41) is 24.1. The molecule has 0 spiro atoms. The average molecular weight is 401 g/mol. The fourth-order valence-corrected chi connectivity index (χ4v) is 3.64. The number of aromatic nitrogens is 4. The van der Waals surface area contributed by atoms with E-state index in [0.29, 0.717) is 16.6 Å². The quantitative estimate of drug-likeness (QED) is 0.664. The molecule has 1 saturated heterocycles. The maximum atomic E-state index is 12.4. The fourth-order valence-electron chi connectivity index (χ4n) is 2.45. The van der Waals surface area contributed by atoms with Crippen LogP contribution < -0.4 is 5.32 Å². The number of aliphatic hydroxyl groups excluding tert-OH is 1. The van der Waals surface area contributed by atoms with E-state index < -0.39 is 6.10 Å². The summed E-state index contributed by atoms with van der Waals surface area (Å²) in [6.45, 7) is 0.427. The van der Waals surface area contributed by atoms with Crippen molar-refractivity contribution < 1.29 is 14.7 Å². The lowest BCUT2D eigenvalue weighted by Crippen LogP contribution is -2.43. The summed E-state index contributed by atoms with van der Waals surface area (Å²) in [6.07, 6.45) is 1.09. The van der Waals surface area contributed by atoms with E-state index in [1.807, 2.05) is 0 Å². The highest BCUT2D eigenvalue weighted by Crippen LogP contribution is 2.20. The van der Waals surface area contributed by atoms with Crippen molar-refractivity contribution in [1.29, 1.82) is 0 Å². The van der Waals surface area contributed by atoms with Gasteiger partial charge >= 0.3 is 0 Å². The number of β-amino-alcohol motifs (C(OH)–C–C–N with tert-alkyl or cyclic N) is 1. The molecule has 3 heterocycles. The van der Waals surface area contributed by atoms with Crippen LogP contribution in [0.25, 0.3) is 0 Å². The van der Waals surface area contributed by atoms with E-state index in [-0.39, 0.29) is 36.6 Å². The van der Waals surface area contributed by atoms with E-state index in [0.717, 1.165) is 0 Å². The smallest absolute Gasteiger partial charge is 0.276 e. The molecule has 2 aromatic heterocycles. The topological polar surface area (TPSA) is 124 Å². The van der Waals surface area contributed by atoms with Crippen molar-refractivity contribution in [2.24, 2.45) is 0 Å². The summed E-state index contributed by atoms with van der Waals surface area (Å²) in [5.41, 5.74) is 0.487. The first-order valence-electron chi connectivity index (χ1n) is 6.79. The van der Waals surface area contributed by atoms with E-state index in [9.17, 15) is 14.7 Å². The average Bonchev–Trinajstić information content (AvgIpc) is 3.24. The van der Waals surface area contributed by atoms with Crippen molar-refractivity contribution in [3.05, 3.63) is 27.4 Å². The maximum absolute atomic E-state index is 12.4. The molecule has 0 aromatic carbocycles. The van der Waals surface area contributed by atoms with Crippen LogP contribution in [0.5, 0.6) is 0 Å². The molecule has 0 unspecified atom stereocenters. The molecule has 0 radical (unpaired) electrons. The molecule has 1 aliphatic rings. The number of carbonyl (C=O) groups is 2. The van der Waals surface area contributed by atoms with Crippen LogP contribution in [0.4, 0.5) is 0 Å². The third-order valence-corrected chi connectivity index (χ3v) is 5.06. The Labute approximate surface area is 143 Å². The molecule has 3 rings (SSSR count). The first-order chi connectivity index (χ1) is 11.1. The molecule has 11 heteroatoms. The highest BCUT2D eigenvalue weighted by molar-refractivity contribution is 9.10. The van der Waals surface area contributed by atoms with Gasteiger partial charge in [0.25, 0.3) is 11.8 Å². The lowest BCUT2D eigenvalue weighted by atomic mass is 10.2. The van der Waals surface area contributed by atoms with Crippen LogP contribution in [-0.2, 0) is 0 Å². The molecule has 23 heavy (non-hydrogen) atoms. The van der Waals surface area contributed by atoms with Crippen LogP contribution in [0.15, 0.2) is 16.0 Å². The predicted octanol–water partition coefficient (Wildman–Crippen LogP) is 0.0291. The third kappa shape index (κ3) is 3.41. The number of nitrogens with one attached hydrogen (secondary N) is 2. The molecule has 1 fully saturated rings. The Balaban J connectivity index is 1.65. The molecule has 2 aromatic rings. The SMILES string of the molecule is O=C(NC[C@@H]1C[C@@H](O)CN1C(=O)c1cn[nH]n1)c1nscc1Br. The first kappa shape index (κ1) is 16.0. The van der Waals surface area contributed by atoms with E-state index >= 15 is 0 Å². The number of carbonyl (C=O) groups excluding carboxylic acids is 2. The van der Waals surface area contributed by atoms with Gasteiger partial charge in [-0.05, 0) is 33.9 Å². The first-order valence-corrected chi connectivity index (χ1v) is 8.42. The molecular formula is C12H13BrN6O3S. The second-order valence-corrected chi connectivity index (χ2v) is 6.56. The monoisotopic (exact) mass is 400 g/mol. The number of aliphatic hydroxyl groups is 1. The fraction of sp³-hybridized carbons (Fsp3) is 0.417. The molecular weight excluding hydrogens is 388 g/mol. The molecule has 1 aliphatic heterocycles. The van der Waals surface area contributed by atoms with Gasteiger partial charge in [-0.3, -0.25) is 9.59 Å². The van der Waals surface area contributed by atoms with Gasteiger partial charge in [-0.25, -0.2) is 0 Å². The van der Waals surface area contributed by atoms with Crippen molar-refractivity contribution in [1.82, 2.24) is 30.0 Å². The van der Waals surface area contributed by atoms with Crippen molar-refractivity contribution in [3.8, 4) is 0 Å². The minimum atomic E-state index is -0.626. The summed E-state index contributed by atoms with van der Waals surface area (Å²) < 4.78 is 4.63. The van der Waals surface area contributed by atoms with E-state index in [2.05, 4.69) is 41.0 Å². The zero-order valence-electron chi connectivity index (χ0n) is 11.8. The predicted molar refractivity (Wildman–Crippen MR) is 84.0 cm³/mol. The number of nitrogens with zero attached hydrogens (tertiary/aromatic N) is 4. The number of halogens is 1. The van der Waals surface area contributed by atoms with Gasteiger partial charge in [-0.2, -0.15) is 19.8 Å². The Morgan fingerprint density at radius 3 is 3.04 bits per heavy atom. The van der Waals surface area contributed by atoms with Crippen molar-refractivity contribution >= 4 is 39.3 Å². The third-order valence-electron chi connectivity index (χ3n) is 3.53. The molecule has 0 aliphatic carbocycles. The minimum Gasteiger partial charge on any atom is -0.391 e. The molecule has 9 nitrogen and oxygen atoms in total. The highest BCUT2D eigenvalue weighted by Gasteiger charge is 2.35. The van der Waals surface area contributed by atoms with Gasteiger partial charge in [0, 0.05) is 18.5 Å². The molecule has 3 N–H and O–H groups in total. The zero-order valence-corrected chi connectivity index (χ0v) is 14.2. The van der Waals surface area contributed by atoms with E-state index in [4.69, 9.17) is 0 Å². The Morgan fingerprint density at radius 2 is 2.39 bits per heavy atom. The summed E-state index contributed by atoms with van der Waals surface area (Å²) in [6, 6.07) is -0.310. The summed E-state index contributed by atoms with van der Waals surface area (Å²) in [4.78, 5) is 25.9. The minimum absolute atomic E-state index is 0.178. The lowest BCUT2D eigenvalue weighted by Gasteiger charge is -2.23. The molecule has 122 valence electrons. The number of aromatic amines is 1. The van der Waals surface area contributed by atoms with Gasteiger partial charge < -0.3 is 15.3 Å². The Kier molecular flexibility index (Phi) is 4.68. The van der Waals surface area contributed by atoms with Gasteiger partial charge in [-0.15, -0.1) is 0 Å². The van der Waals surface area contributed by atoms with Crippen LogP contribution >= 0.6 is 27.5 Å². The number of likely N-dealkylation sites (tertiary alicyclic amines) is 1. The van der Waals surface area contributed by atoms with Crippen molar-refractivity contribution in [2.45, 2.75) is 18.6 Å². The maximum Gasteiger partial charge on any atom is 0.276 e. The number of hydrogen-bond donors (Lipinski definition) is 3. The number of hydrogen-bond acceptors (Lipinski definition) is 7. The van der Waals surface area contributed by atoms with Crippen LogP contribution in [0.3, 0.4) is 0 Å². The van der Waals surface area contributed by atoms with Gasteiger partial charge in [0.2, 0.25) is 0 Å². The Morgan fingerprint density at radius 1 is 1.57 bits per heavy atom. The summed E-state index contributed by atoms with van der Waals surface area (Å²) in [7, 11) is 0. The van der Waals surface area contributed by atoms with Crippen LogP contribution in [0.1, 0.15) is 27.4 Å². The largest absolute Gasteiger partial charge is 0.391 e. The molecule has 2 amide bonds. The Bertz CT molecular complexity index is 705. The van der Waals surface area contributed by atoms with Gasteiger partial charge in [0.1, 0.15) is 0 Å². The second-order valence-electron chi connectivity index (χ2n) is 5.08. The van der Waals surface area contributed by atoms with Crippen molar-refractivity contribution in [3.63, 3.8) is 0 Å². The molecule has 0 bridgehead atoms. The number of rotatable bonds is 4. The Hall–Kier alpha value is -1.85. The van der Waals surface area contributed by atoms with E-state index in [1.165, 1.54) is 22.6 Å². The standard InChI is InChI=1S/C12H13BrN6O3S/c13-8-5-23-17-10(8)11(21)14-2-6-1-7(20)4-19(6)12(22)9-3-15-18-16-9/h3,5-7,20H,1-2,4H2,(H,14,21)(H,15,16,18)/t6-,7+/m0/s1. The van der Waals surface area contributed by atoms with Gasteiger partial charge in [-0.1, -0.05) is 0 Å². The summed E-state index contributed by atoms with van der Waals surface area (Å²) >= 11 is 4.43. The number of H-pyrrole nitrogens is 1. The van der Waals surface area contributed by atoms with Crippen molar-refractivity contribution in [2.75, 3.05) is 13.1 Å². The second kappa shape index (κ2) is 6.72. The van der Waals surface area contributed by atoms with Crippen LogP contribution in [-0.4, -0.2) is 66.8 Å². The normalized spacial score (nSPS) is 20.7. The zero-order chi connectivity index (χ0) is 16.4. The lowest BCUT2D eigenvalue weighted by molar-refractivity contribution is 0.0701. The van der Waals surface area contributed by atoms with Gasteiger partial charge in [0.15, 0.2) is 11.4 Å². The highest BCUT2D eigenvalue weighted by atomic mass is 79.9. The molecule has 2 atom stereocenters. The van der Waals surface area contributed by atoms with Crippen LogP contribution in [0.2, 0.25) is 0 Å². The van der Waals surface area contributed by atoms with E-state index in [1.54, 1.807) is 5.38 Å². The number of amides is 2. The summed E-state index contributed by atoms with van der Waals surface area (Å²) in [5.74, 6) is -0.655. The molecule has 0 saturated carbocycles.